The largest absolute Gasteiger partial charge is 0.612 e. The molecule has 0 heterocycles. The molecule has 1 aliphatic carbocycles. The molecule has 2 aromatic rings. The molecule has 1 aliphatic rings. The number of unbranched alkanes of at least 4 members (excludes halogenated alkanes) is 1. The molecule has 1 unspecified atom stereocenters. The van der Waals surface area contributed by atoms with E-state index in [1.807, 2.05) is 37.3 Å². The van der Waals surface area contributed by atoms with Crippen molar-refractivity contribution in [3.05, 3.63) is 70.5 Å². The number of phosphoric ester groups is 1. The van der Waals surface area contributed by atoms with Crippen LogP contribution in [0.5, 0.6) is 0 Å². The van der Waals surface area contributed by atoms with Crippen LogP contribution in [0.2, 0.25) is 0 Å². The van der Waals surface area contributed by atoms with Gasteiger partial charge in [-0.25, -0.2) is 8.96 Å². The van der Waals surface area contributed by atoms with Crippen molar-refractivity contribution in [2.45, 2.75) is 44.9 Å². The predicted molar refractivity (Wildman–Crippen MR) is 149 cm³/mol. The maximum absolute atomic E-state index is 14.2. The number of hydrogen-bond donors (Lipinski definition) is 1. The normalized spacial score (nSPS) is 15.2. The maximum atomic E-state index is 14.2. The number of nitrogens with one attached hydrogen (secondary N) is 1. The van der Waals surface area contributed by atoms with Gasteiger partial charge >= 0.3 is 7.82 Å². The first-order chi connectivity index (χ1) is 18.2. The zero-order valence-electron chi connectivity index (χ0n) is 22.3. The number of carbonyl (C=O) groups is 1. The quantitative estimate of drug-likeness (QED) is 0.163. The molecule has 0 aromatic heterocycles. The number of rotatable bonds is 14. The van der Waals surface area contributed by atoms with Crippen LogP contribution in [0, 0.1) is 5.82 Å². The lowest BCUT2D eigenvalue weighted by molar-refractivity contribution is -0.120. The van der Waals surface area contributed by atoms with Gasteiger partial charge in [-0.15, -0.1) is 0 Å². The minimum Gasteiger partial charge on any atom is -0.612 e. The highest BCUT2D eigenvalue weighted by Gasteiger charge is 2.26. The molecule has 0 spiro atoms. The van der Waals surface area contributed by atoms with Crippen molar-refractivity contribution in [2.24, 2.45) is 0 Å². The van der Waals surface area contributed by atoms with Crippen molar-refractivity contribution in [1.82, 2.24) is 5.32 Å². The van der Waals surface area contributed by atoms with Crippen molar-refractivity contribution in [3.8, 4) is 0 Å². The lowest BCUT2D eigenvalue weighted by atomic mass is 10.0. The second kappa shape index (κ2) is 14.2. The Hall–Kier alpha value is -2.26. The van der Waals surface area contributed by atoms with Gasteiger partial charge in [0.1, 0.15) is 12.1 Å². The van der Waals surface area contributed by atoms with Crippen LogP contribution in [0.25, 0.3) is 17.2 Å². The van der Waals surface area contributed by atoms with Gasteiger partial charge in [0, 0.05) is 6.54 Å². The van der Waals surface area contributed by atoms with Gasteiger partial charge in [0.05, 0.1) is 26.2 Å². The molecule has 0 saturated heterocycles. The number of hydrogen-bond acceptors (Lipinski definition) is 6. The number of carbonyl (C=O) groups excluding carboxylic acids is 1. The smallest absolute Gasteiger partial charge is 0.474 e. The van der Waals surface area contributed by atoms with Crippen LogP contribution in [0.4, 0.5) is 4.39 Å². The average Bonchev–Trinajstić information content (AvgIpc) is 3.12. The van der Waals surface area contributed by atoms with Gasteiger partial charge in [0.15, 0.2) is 4.90 Å². The van der Waals surface area contributed by atoms with Crippen molar-refractivity contribution in [1.29, 1.82) is 0 Å². The summed E-state index contributed by atoms with van der Waals surface area (Å²) in [6.07, 6.45) is 4.95. The Morgan fingerprint density at radius 2 is 1.74 bits per heavy atom. The molecule has 38 heavy (non-hydrogen) atoms. The molecule has 0 radical (unpaired) electrons. The van der Waals surface area contributed by atoms with E-state index in [0.717, 1.165) is 32.7 Å². The zero-order valence-corrected chi connectivity index (χ0v) is 24.0. The first kappa shape index (κ1) is 30.3. The molecule has 1 N–H and O–H groups in total. The van der Waals surface area contributed by atoms with E-state index in [-0.39, 0.29) is 38.0 Å². The third-order valence-electron chi connectivity index (χ3n) is 6.03. The Bertz CT molecular complexity index is 1220. The van der Waals surface area contributed by atoms with Gasteiger partial charge in [0.25, 0.3) is 0 Å². The van der Waals surface area contributed by atoms with Crippen LogP contribution in [0.15, 0.2) is 52.9 Å². The fourth-order valence-electron chi connectivity index (χ4n) is 4.19. The van der Waals surface area contributed by atoms with Crippen molar-refractivity contribution < 1.29 is 31.9 Å². The van der Waals surface area contributed by atoms with Crippen molar-refractivity contribution in [3.63, 3.8) is 0 Å². The molecule has 1 amide bonds. The summed E-state index contributed by atoms with van der Waals surface area (Å²) in [5, 5.41) is 2.90. The monoisotopic (exact) mass is 563 g/mol. The summed E-state index contributed by atoms with van der Waals surface area (Å²) in [7, 11) is -3.53. The molecule has 7 nitrogen and oxygen atoms in total. The number of allylic oxidation sites excluding steroid dienone is 2. The SMILES string of the molecule is CCOP(=O)(OCC)OCCCCNC(=O)CC1=C(C)/C(=C/c2ccc([S+](C)[O-])cc2)c2ccc(F)cc21. The molecular weight excluding hydrogens is 528 g/mol. The van der Waals surface area contributed by atoms with E-state index in [9.17, 15) is 18.3 Å². The van der Waals surface area contributed by atoms with Crippen LogP contribution >= 0.6 is 7.82 Å². The number of halogens is 1. The Morgan fingerprint density at radius 3 is 2.37 bits per heavy atom. The number of fused-ring (bicyclic) bond motifs is 1. The van der Waals surface area contributed by atoms with Gasteiger partial charge in [0.2, 0.25) is 5.91 Å². The van der Waals surface area contributed by atoms with Gasteiger partial charge in [-0.1, -0.05) is 6.07 Å². The lowest BCUT2D eigenvalue weighted by Gasteiger charge is -2.16. The summed E-state index contributed by atoms with van der Waals surface area (Å²) < 4.78 is 53.6. The van der Waals surface area contributed by atoms with E-state index in [4.69, 9.17) is 13.6 Å². The van der Waals surface area contributed by atoms with E-state index in [2.05, 4.69) is 5.32 Å². The molecule has 10 heteroatoms. The third-order valence-corrected chi connectivity index (χ3v) is 8.61. The van der Waals surface area contributed by atoms with Crippen LogP contribution in [0.1, 0.15) is 56.7 Å². The van der Waals surface area contributed by atoms with Crippen LogP contribution < -0.4 is 5.32 Å². The topological polar surface area (TPSA) is 96.9 Å². The van der Waals surface area contributed by atoms with E-state index in [1.54, 1.807) is 26.2 Å². The van der Waals surface area contributed by atoms with Crippen LogP contribution in [0.3, 0.4) is 0 Å². The summed E-state index contributed by atoms with van der Waals surface area (Å²) in [5.74, 6) is -0.525. The Balaban J connectivity index is 1.62. The van der Waals surface area contributed by atoms with E-state index in [0.29, 0.717) is 24.9 Å². The maximum Gasteiger partial charge on any atom is 0.474 e. The standard InChI is InChI=1S/C28H35FNO6PS/c1-5-34-37(32,35-6-2)36-16-8-7-15-30-28(31)19-26-20(3)25(24-14-11-22(29)18-27(24)26)17-21-9-12-23(13-10-21)38(4)33/h9-14,17-18H,5-8,15-16,19H2,1-4H3,(H,30,31)/b25-17-. The molecule has 2 aromatic carbocycles. The van der Waals surface area contributed by atoms with Crippen molar-refractivity contribution in [2.75, 3.05) is 32.6 Å². The fourth-order valence-corrected chi connectivity index (χ4v) is 5.91. The third kappa shape index (κ3) is 8.12. The average molecular weight is 564 g/mol. The highest BCUT2D eigenvalue weighted by Crippen LogP contribution is 2.49. The van der Waals surface area contributed by atoms with E-state index >= 15 is 0 Å². The van der Waals surface area contributed by atoms with Gasteiger partial charge in [-0.2, -0.15) is 0 Å². The van der Waals surface area contributed by atoms with Crippen LogP contribution in [-0.2, 0) is 34.1 Å². The predicted octanol–water partition coefficient (Wildman–Crippen LogP) is 6.38. The number of phosphoric acid groups is 1. The summed E-state index contributed by atoms with van der Waals surface area (Å²) in [4.78, 5) is 13.5. The summed E-state index contributed by atoms with van der Waals surface area (Å²) >= 11 is -1.06. The van der Waals surface area contributed by atoms with Gasteiger partial charge < -0.3 is 9.87 Å². The summed E-state index contributed by atoms with van der Waals surface area (Å²) in [6.45, 7) is 6.42. The molecule has 1 atom stereocenters. The van der Waals surface area contributed by atoms with E-state index in [1.165, 1.54) is 12.1 Å². The Morgan fingerprint density at radius 1 is 1.05 bits per heavy atom. The minimum atomic E-state index is -3.53. The molecule has 0 aliphatic heterocycles. The highest BCUT2D eigenvalue weighted by molar-refractivity contribution is 7.90. The van der Waals surface area contributed by atoms with Gasteiger partial charge in [-0.05, 0) is 121 Å². The molecule has 0 bridgehead atoms. The fraction of sp³-hybridized carbons (Fsp3) is 0.393. The highest BCUT2D eigenvalue weighted by atomic mass is 32.2. The van der Waals surface area contributed by atoms with Crippen molar-refractivity contribution >= 4 is 42.1 Å². The number of benzene rings is 2. The minimum absolute atomic E-state index is 0.119. The zero-order chi connectivity index (χ0) is 27.7. The molecule has 206 valence electrons. The Kier molecular flexibility index (Phi) is 11.3. The molecule has 0 fully saturated rings. The summed E-state index contributed by atoms with van der Waals surface area (Å²) in [5.41, 5.74) is 5.15. The molecule has 3 rings (SSSR count). The molecule has 0 saturated carbocycles. The first-order valence-corrected chi connectivity index (χ1v) is 15.6. The Labute approximate surface area is 227 Å². The second-order valence-corrected chi connectivity index (χ2v) is 11.8. The van der Waals surface area contributed by atoms with E-state index < -0.39 is 19.0 Å². The van der Waals surface area contributed by atoms with Crippen LogP contribution in [-0.4, -0.2) is 43.1 Å². The summed E-state index contributed by atoms with van der Waals surface area (Å²) in [6, 6.07) is 12.1. The molecular formula is C28H35FNO6PS. The van der Waals surface area contributed by atoms with Gasteiger partial charge in [-0.3, -0.25) is 18.4 Å². The first-order valence-electron chi connectivity index (χ1n) is 12.6. The second-order valence-electron chi connectivity index (χ2n) is 8.72. The lowest BCUT2D eigenvalue weighted by Crippen LogP contribution is -2.24. The number of amides is 1.